The number of primary amides is 2. The first-order valence-electron chi connectivity index (χ1n) is 20.8. The Morgan fingerprint density at radius 2 is 0.953 bits per heavy atom. The minimum Gasteiger partial charge on any atom is -0.480 e. The number of rotatable bonds is 27. The Bertz CT molecular complexity index is 1850. The van der Waals surface area contributed by atoms with Gasteiger partial charge in [0.1, 0.15) is 48.3 Å². The first-order valence-corrected chi connectivity index (χ1v) is 20.8. The minimum atomic E-state index is -1.42. The molecule has 0 saturated carbocycles. The van der Waals surface area contributed by atoms with Crippen molar-refractivity contribution in [1.29, 1.82) is 0 Å². The second kappa shape index (κ2) is 26.7. The van der Waals surface area contributed by atoms with Gasteiger partial charge in [0.2, 0.25) is 59.1 Å². The van der Waals surface area contributed by atoms with E-state index in [9.17, 15) is 52.7 Å². The van der Waals surface area contributed by atoms with Crippen LogP contribution < -0.4 is 59.7 Å². The predicted octanol–water partition coefficient (Wildman–Crippen LogP) is -3.56. The Labute approximate surface area is 371 Å². The molecule has 0 aliphatic heterocycles. The minimum absolute atomic E-state index is 0.0538. The van der Waals surface area contributed by atoms with Crippen LogP contribution in [0.4, 0.5) is 0 Å². The van der Waals surface area contributed by atoms with Gasteiger partial charge in [0, 0.05) is 12.8 Å². The fourth-order valence-corrected chi connectivity index (χ4v) is 5.82. The summed E-state index contributed by atoms with van der Waals surface area (Å²) in [5.41, 5.74) is 16.8. The smallest absolute Gasteiger partial charge is 0.325 e. The van der Waals surface area contributed by atoms with Gasteiger partial charge in [0.25, 0.3) is 0 Å². The molecule has 356 valence electrons. The molecule has 10 amide bonds. The second-order valence-corrected chi connectivity index (χ2v) is 16.3. The molecule has 1 aromatic carbocycles. The van der Waals surface area contributed by atoms with Crippen LogP contribution in [0.5, 0.6) is 0 Å². The van der Waals surface area contributed by atoms with Crippen LogP contribution in [0.3, 0.4) is 0 Å². The fraction of sp³-hybridized carbons (Fsp3) is 0.585. The normalized spacial score (nSPS) is 15.2. The number of carbonyl (C=O) groups excluding carboxylic acids is 10. The van der Waals surface area contributed by atoms with E-state index in [4.69, 9.17) is 22.3 Å². The topological polar surface area (TPSA) is 382 Å². The summed E-state index contributed by atoms with van der Waals surface area (Å²) in [6.45, 7) is 12.0. The molecule has 9 atom stereocenters. The van der Waals surface area contributed by atoms with Gasteiger partial charge >= 0.3 is 5.97 Å². The number of hydrogen-bond acceptors (Lipinski definition) is 12. The van der Waals surface area contributed by atoms with Gasteiger partial charge in [-0.2, -0.15) is 0 Å². The third-order valence-electron chi connectivity index (χ3n) is 9.56. The van der Waals surface area contributed by atoms with Crippen LogP contribution in [-0.2, 0) is 59.2 Å². The van der Waals surface area contributed by atoms with Crippen LogP contribution in [-0.4, -0.2) is 125 Å². The Morgan fingerprint density at radius 1 is 0.516 bits per heavy atom. The molecule has 0 unspecified atom stereocenters. The Kier molecular flexibility index (Phi) is 23.1. The third-order valence-corrected chi connectivity index (χ3v) is 9.56. The number of carbonyl (C=O) groups is 11. The van der Waals surface area contributed by atoms with Crippen molar-refractivity contribution < 1.29 is 57.8 Å². The van der Waals surface area contributed by atoms with E-state index in [-0.39, 0.29) is 31.6 Å². The van der Waals surface area contributed by atoms with Gasteiger partial charge in [-0.1, -0.05) is 58.0 Å². The molecule has 0 radical (unpaired) electrons. The molecule has 23 heteroatoms. The zero-order valence-electron chi connectivity index (χ0n) is 37.4. The highest BCUT2D eigenvalue weighted by Crippen LogP contribution is 2.10. The number of amides is 10. The average molecular weight is 904 g/mol. The standard InChI is InChI=1S/C41H65N11O12/c1-19(2)16-28(51-36(58)26(42)18-31(44)54)38(60)46-22(6)35(57)50-29(17-25-12-10-9-11-13-25)39(61)52-32(20(3)4)40(62)47-23(7)34(56)49-27(14-15-30(43)53)37(59)45-21(5)33(55)48-24(8)41(63)64/h9-13,19-24,26-29,32H,14-18,42H2,1-8H3,(H2,43,53)(H2,44,54)(H,45,59)(H,46,60)(H,47,62)(H,48,55)(H,49,56)(H,50,57)(H,51,58)(H,52,61)(H,63,64)/t21-,22-,23-,24-,26-,27-,28-,29-,32-/m0/s1. The zero-order chi connectivity index (χ0) is 49.0. The first-order chi connectivity index (χ1) is 29.7. The van der Waals surface area contributed by atoms with Gasteiger partial charge in [-0.25, -0.2) is 0 Å². The number of nitrogens with one attached hydrogen (secondary N) is 8. The van der Waals surface area contributed by atoms with E-state index in [1.165, 1.54) is 27.7 Å². The van der Waals surface area contributed by atoms with Crippen LogP contribution in [0.15, 0.2) is 30.3 Å². The molecule has 23 nitrogen and oxygen atoms in total. The maximum Gasteiger partial charge on any atom is 0.325 e. The van der Waals surface area contributed by atoms with E-state index < -0.39 is 132 Å². The number of carboxylic acid groups (broad SMARTS) is 1. The van der Waals surface area contributed by atoms with E-state index >= 15 is 0 Å². The summed E-state index contributed by atoms with van der Waals surface area (Å²) in [5, 5.41) is 28.8. The summed E-state index contributed by atoms with van der Waals surface area (Å²) < 4.78 is 0. The van der Waals surface area contributed by atoms with Crippen molar-refractivity contribution in [3.05, 3.63) is 35.9 Å². The van der Waals surface area contributed by atoms with Crippen molar-refractivity contribution in [2.24, 2.45) is 29.0 Å². The summed E-state index contributed by atoms with van der Waals surface area (Å²) in [5.74, 6) is -10.2. The van der Waals surface area contributed by atoms with E-state index in [0.717, 1.165) is 0 Å². The predicted molar refractivity (Wildman–Crippen MR) is 230 cm³/mol. The SMILES string of the molecule is CC(C)C[C@H](NC(=O)[C@@H](N)CC(N)=O)C(=O)N[C@@H](C)C(=O)N[C@@H](Cc1ccccc1)C(=O)N[C@H](C(=O)N[C@@H](C)C(=O)N[C@@H](CCC(N)=O)C(=O)N[C@@H](C)C(=O)N[C@@H](C)C(=O)O)C(C)C. The number of aliphatic carboxylic acids is 1. The number of hydrogen-bond donors (Lipinski definition) is 12. The highest BCUT2D eigenvalue weighted by atomic mass is 16.4. The lowest BCUT2D eigenvalue weighted by molar-refractivity contribution is -0.141. The molecular weight excluding hydrogens is 839 g/mol. The average Bonchev–Trinajstić information content (AvgIpc) is 3.19. The van der Waals surface area contributed by atoms with Gasteiger partial charge in [0.15, 0.2) is 0 Å². The lowest BCUT2D eigenvalue weighted by Gasteiger charge is -2.28. The first kappa shape index (κ1) is 55.4. The van der Waals surface area contributed by atoms with Crippen molar-refractivity contribution >= 4 is 65.0 Å². The Hall–Kier alpha value is -6.65. The highest BCUT2D eigenvalue weighted by molar-refractivity contribution is 5.98. The van der Waals surface area contributed by atoms with Gasteiger partial charge in [0.05, 0.1) is 12.5 Å². The molecule has 0 spiro atoms. The molecule has 0 aliphatic carbocycles. The monoisotopic (exact) mass is 903 g/mol. The Morgan fingerprint density at radius 3 is 1.42 bits per heavy atom. The van der Waals surface area contributed by atoms with Gasteiger partial charge < -0.3 is 64.8 Å². The zero-order valence-corrected chi connectivity index (χ0v) is 37.4. The van der Waals surface area contributed by atoms with Crippen LogP contribution in [0.25, 0.3) is 0 Å². The van der Waals surface area contributed by atoms with Gasteiger partial charge in [-0.05, 0) is 57.9 Å². The largest absolute Gasteiger partial charge is 0.480 e. The van der Waals surface area contributed by atoms with E-state index in [0.29, 0.717) is 5.56 Å². The molecule has 1 rings (SSSR count). The summed E-state index contributed by atoms with van der Waals surface area (Å²) in [6.07, 6.45) is -1.01. The third kappa shape index (κ3) is 20.0. The van der Waals surface area contributed by atoms with Crippen molar-refractivity contribution in [3.63, 3.8) is 0 Å². The van der Waals surface area contributed by atoms with E-state index in [2.05, 4.69) is 42.5 Å². The maximum atomic E-state index is 13.9. The second-order valence-electron chi connectivity index (χ2n) is 16.3. The molecule has 0 aromatic heterocycles. The molecule has 0 aliphatic rings. The molecule has 1 aromatic rings. The number of carboxylic acids is 1. The highest BCUT2D eigenvalue weighted by Gasteiger charge is 2.34. The molecule has 0 fully saturated rings. The van der Waals surface area contributed by atoms with Crippen LogP contribution in [0, 0.1) is 11.8 Å². The summed E-state index contributed by atoms with van der Waals surface area (Å²) in [7, 11) is 0. The van der Waals surface area contributed by atoms with Crippen molar-refractivity contribution in [3.8, 4) is 0 Å². The van der Waals surface area contributed by atoms with Gasteiger partial charge in [-0.15, -0.1) is 0 Å². The van der Waals surface area contributed by atoms with Crippen LogP contribution >= 0.6 is 0 Å². The Balaban J connectivity index is 3.19. The molecule has 64 heavy (non-hydrogen) atoms. The molecule has 0 saturated heterocycles. The van der Waals surface area contributed by atoms with Crippen LogP contribution in [0.2, 0.25) is 0 Å². The van der Waals surface area contributed by atoms with Crippen molar-refractivity contribution in [1.82, 2.24) is 42.5 Å². The number of nitrogens with two attached hydrogens (primary N) is 3. The summed E-state index contributed by atoms with van der Waals surface area (Å²) >= 11 is 0. The molecule has 15 N–H and O–H groups in total. The lowest BCUT2D eigenvalue weighted by atomic mass is 10.00. The lowest BCUT2D eigenvalue weighted by Crippen LogP contribution is -2.60. The summed E-state index contributed by atoms with van der Waals surface area (Å²) in [6, 6.07) is -2.97. The quantitative estimate of drug-likeness (QED) is 0.0407. The van der Waals surface area contributed by atoms with E-state index in [1.807, 2.05) is 0 Å². The fourth-order valence-electron chi connectivity index (χ4n) is 5.82. The molecular formula is C41H65N11O12. The molecule has 0 bridgehead atoms. The van der Waals surface area contributed by atoms with Crippen molar-refractivity contribution in [2.45, 2.75) is 142 Å². The van der Waals surface area contributed by atoms with Crippen LogP contribution in [0.1, 0.15) is 86.6 Å². The van der Waals surface area contributed by atoms with Gasteiger partial charge in [-0.3, -0.25) is 52.7 Å². The summed E-state index contributed by atoms with van der Waals surface area (Å²) in [4.78, 5) is 140. The number of benzene rings is 1. The maximum absolute atomic E-state index is 13.9. The van der Waals surface area contributed by atoms with E-state index in [1.54, 1.807) is 58.0 Å². The molecule has 0 heterocycles. The van der Waals surface area contributed by atoms with Crippen molar-refractivity contribution in [2.75, 3.05) is 0 Å².